The van der Waals surface area contributed by atoms with Gasteiger partial charge < -0.3 is 19.9 Å². The van der Waals surface area contributed by atoms with Crippen molar-refractivity contribution in [1.29, 1.82) is 0 Å². The second-order valence-electron chi connectivity index (χ2n) is 5.42. The van der Waals surface area contributed by atoms with E-state index < -0.39 is 22.8 Å². The van der Waals surface area contributed by atoms with Crippen molar-refractivity contribution in [1.82, 2.24) is 5.32 Å². The largest absolute Gasteiger partial charge is 0.496 e. The molecule has 1 heterocycles. The van der Waals surface area contributed by atoms with Crippen molar-refractivity contribution >= 4 is 17.6 Å². The number of nitro benzene ring substituents is 1. The minimum atomic E-state index is -1.23. The number of nitrogens with one attached hydrogen (secondary N) is 1. The number of hydrogen-bond donors (Lipinski definition) is 2. The van der Waals surface area contributed by atoms with Crippen LogP contribution in [0.15, 0.2) is 18.2 Å². The highest BCUT2D eigenvalue weighted by atomic mass is 16.6. The highest BCUT2D eigenvalue weighted by Gasteiger charge is 2.29. The molecule has 0 radical (unpaired) electrons. The van der Waals surface area contributed by atoms with E-state index in [1.165, 1.54) is 25.3 Å². The molecule has 1 saturated heterocycles. The standard InChI is InChI=1S/C15H18N2O7/c1-23-13-3-2-11(17(21)22)6-10(13)7-12(15(19)20)16-14(18)9-4-5-24-8-9/h2-3,6,9,12H,4-5,7-8H2,1H3,(H,16,18)(H,19,20)/t9-,12-/m0/s1. The maximum Gasteiger partial charge on any atom is 0.326 e. The minimum Gasteiger partial charge on any atom is -0.496 e. The van der Waals surface area contributed by atoms with Gasteiger partial charge in [-0.1, -0.05) is 0 Å². The van der Waals surface area contributed by atoms with Crippen LogP contribution in [0, 0.1) is 16.0 Å². The molecule has 0 aliphatic carbocycles. The Labute approximate surface area is 137 Å². The van der Waals surface area contributed by atoms with Crippen LogP contribution in [0.3, 0.4) is 0 Å². The fourth-order valence-corrected chi connectivity index (χ4v) is 2.49. The first-order valence-electron chi connectivity index (χ1n) is 7.34. The summed E-state index contributed by atoms with van der Waals surface area (Å²) in [4.78, 5) is 33.9. The van der Waals surface area contributed by atoms with E-state index in [0.717, 1.165) is 0 Å². The number of rotatable bonds is 7. The zero-order chi connectivity index (χ0) is 17.7. The van der Waals surface area contributed by atoms with E-state index in [1.54, 1.807) is 0 Å². The topological polar surface area (TPSA) is 128 Å². The van der Waals surface area contributed by atoms with Gasteiger partial charge in [-0.25, -0.2) is 4.79 Å². The van der Waals surface area contributed by atoms with Gasteiger partial charge in [-0.15, -0.1) is 0 Å². The number of carbonyl (C=O) groups is 2. The van der Waals surface area contributed by atoms with Crippen molar-refractivity contribution in [3.63, 3.8) is 0 Å². The summed E-state index contributed by atoms with van der Waals surface area (Å²) in [5, 5.41) is 22.7. The maximum atomic E-state index is 12.1. The molecule has 2 N–H and O–H groups in total. The molecule has 1 amide bonds. The molecule has 0 spiro atoms. The lowest BCUT2D eigenvalue weighted by Crippen LogP contribution is -2.45. The Morgan fingerprint density at radius 1 is 1.54 bits per heavy atom. The molecule has 9 nitrogen and oxygen atoms in total. The molecule has 130 valence electrons. The number of benzene rings is 1. The third-order valence-electron chi connectivity index (χ3n) is 3.81. The van der Waals surface area contributed by atoms with Gasteiger partial charge >= 0.3 is 5.97 Å². The Kier molecular flexibility index (Phi) is 5.69. The molecule has 1 fully saturated rings. The van der Waals surface area contributed by atoms with E-state index in [-0.39, 0.29) is 24.6 Å². The maximum absolute atomic E-state index is 12.1. The van der Waals surface area contributed by atoms with Gasteiger partial charge in [-0.3, -0.25) is 14.9 Å². The van der Waals surface area contributed by atoms with Crippen molar-refractivity contribution < 1.29 is 29.1 Å². The van der Waals surface area contributed by atoms with E-state index in [0.29, 0.717) is 24.3 Å². The second-order valence-corrected chi connectivity index (χ2v) is 5.42. The van der Waals surface area contributed by atoms with Crippen molar-refractivity contribution in [2.24, 2.45) is 5.92 Å². The van der Waals surface area contributed by atoms with Gasteiger partial charge in [0.05, 0.1) is 24.6 Å². The van der Waals surface area contributed by atoms with Crippen LogP contribution in [0.25, 0.3) is 0 Å². The average molecular weight is 338 g/mol. The molecular formula is C15H18N2O7. The van der Waals surface area contributed by atoms with Crippen LogP contribution in [0.1, 0.15) is 12.0 Å². The smallest absolute Gasteiger partial charge is 0.326 e. The van der Waals surface area contributed by atoms with Crippen LogP contribution < -0.4 is 10.1 Å². The van der Waals surface area contributed by atoms with Gasteiger partial charge in [-0.05, 0) is 12.5 Å². The van der Waals surface area contributed by atoms with Gasteiger partial charge in [0.15, 0.2) is 0 Å². The van der Waals surface area contributed by atoms with E-state index in [9.17, 15) is 24.8 Å². The second kappa shape index (κ2) is 7.73. The predicted molar refractivity (Wildman–Crippen MR) is 81.8 cm³/mol. The Bertz CT molecular complexity index is 641. The summed E-state index contributed by atoms with van der Waals surface area (Å²) in [6.45, 7) is 0.729. The molecule has 24 heavy (non-hydrogen) atoms. The Hall–Kier alpha value is -2.68. The minimum absolute atomic E-state index is 0.125. The number of carboxylic acid groups (broad SMARTS) is 1. The molecule has 9 heteroatoms. The van der Waals surface area contributed by atoms with Crippen LogP contribution >= 0.6 is 0 Å². The summed E-state index contributed by atoms with van der Waals surface area (Å²) < 4.78 is 10.2. The first-order chi connectivity index (χ1) is 11.4. The number of aliphatic carboxylic acids is 1. The van der Waals surface area contributed by atoms with Crippen molar-refractivity contribution in [3.05, 3.63) is 33.9 Å². The van der Waals surface area contributed by atoms with Gasteiger partial charge in [0.2, 0.25) is 5.91 Å². The van der Waals surface area contributed by atoms with Crippen molar-refractivity contribution in [2.75, 3.05) is 20.3 Å². The number of hydrogen-bond acceptors (Lipinski definition) is 6. The molecule has 0 bridgehead atoms. The molecule has 0 saturated carbocycles. The van der Waals surface area contributed by atoms with E-state index in [1.807, 2.05) is 0 Å². The quantitative estimate of drug-likeness (QED) is 0.554. The molecule has 1 aliphatic heterocycles. The Balaban J connectivity index is 2.17. The summed E-state index contributed by atoms with van der Waals surface area (Å²) in [6, 6.07) is 2.71. The summed E-state index contributed by atoms with van der Waals surface area (Å²) in [7, 11) is 1.38. The molecule has 0 unspecified atom stereocenters. The third-order valence-corrected chi connectivity index (χ3v) is 3.81. The van der Waals surface area contributed by atoms with Gasteiger partial charge in [0, 0.05) is 30.7 Å². The SMILES string of the molecule is COc1ccc([N+](=O)[O-])cc1C[C@H](NC(=O)[C@H]1CCOC1)C(=O)O. The number of amides is 1. The number of nitro groups is 1. The van der Waals surface area contributed by atoms with Gasteiger partial charge in [0.1, 0.15) is 11.8 Å². The van der Waals surface area contributed by atoms with Crippen molar-refractivity contribution in [3.8, 4) is 5.75 Å². The van der Waals surface area contributed by atoms with Crippen LogP contribution in [-0.2, 0) is 20.7 Å². The highest BCUT2D eigenvalue weighted by Crippen LogP contribution is 2.25. The molecule has 1 aromatic rings. The van der Waals surface area contributed by atoms with Gasteiger partial charge in [-0.2, -0.15) is 0 Å². The number of nitrogens with zero attached hydrogens (tertiary/aromatic N) is 1. The fourth-order valence-electron chi connectivity index (χ4n) is 2.49. The van der Waals surface area contributed by atoms with E-state index in [4.69, 9.17) is 9.47 Å². The molecule has 2 rings (SSSR count). The molecule has 1 aliphatic rings. The Morgan fingerprint density at radius 2 is 2.29 bits per heavy atom. The fraction of sp³-hybridized carbons (Fsp3) is 0.467. The van der Waals surface area contributed by atoms with E-state index >= 15 is 0 Å². The lowest BCUT2D eigenvalue weighted by atomic mass is 10.0. The van der Waals surface area contributed by atoms with Crippen LogP contribution in [0.5, 0.6) is 5.75 Å². The number of non-ortho nitro benzene ring substituents is 1. The van der Waals surface area contributed by atoms with Crippen LogP contribution in [0.4, 0.5) is 5.69 Å². The average Bonchev–Trinajstić information content (AvgIpc) is 3.08. The predicted octanol–water partition coefficient (Wildman–Crippen LogP) is 0.752. The number of carbonyl (C=O) groups excluding carboxylic acids is 1. The number of carboxylic acids is 1. The van der Waals surface area contributed by atoms with Crippen molar-refractivity contribution in [2.45, 2.75) is 18.9 Å². The summed E-state index contributed by atoms with van der Waals surface area (Å²) in [6.07, 6.45) is 0.414. The first kappa shape index (κ1) is 17.7. The lowest BCUT2D eigenvalue weighted by molar-refractivity contribution is -0.384. The van der Waals surface area contributed by atoms with E-state index in [2.05, 4.69) is 5.32 Å². The summed E-state index contributed by atoms with van der Waals surface area (Å²) in [5.41, 5.74) is 0.160. The third kappa shape index (κ3) is 4.19. The molecular weight excluding hydrogens is 320 g/mol. The zero-order valence-electron chi connectivity index (χ0n) is 13.1. The highest BCUT2D eigenvalue weighted by molar-refractivity contribution is 5.85. The van der Waals surface area contributed by atoms with Gasteiger partial charge in [0.25, 0.3) is 5.69 Å². The molecule has 2 atom stereocenters. The molecule has 0 aromatic heterocycles. The number of ether oxygens (including phenoxy) is 2. The number of methoxy groups -OCH3 is 1. The van der Waals surface area contributed by atoms with Crippen LogP contribution in [0.2, 0.25) is 0 Å². The first-order valence-corrected chi connectivity index (χ1v) is 7.34. The Morgan fingerprint density at radius 3 is 2.83 bits per heavy atom. The normalized spacial score (nSPS) is 18.0. The summed E-state index contributed by atoms with van der Waals surface area (Å²) in [5.74, 6) is -1.68. The van der Waals surface area contributed by atoms with Crippen LogP contribution in [-0.4, -0.2) is 48.3 Å². The summed E-state index contributed by atoms with van der Waals surface area (Å²) >= 11 is 0. The monoisotopic (exact) mass is 338 g/mol. The zero-order valence-corrected chi connectivity index (χ0v) is 13.1. The molecule has 1 aromatic carbocycles. The lowest BCUT2D eigenvalue weighted by Gasteiger charge is -2.18.